The molecule has 0 spiro atoms. The van der Waals surface area contributed by atoms with E-state index in [-0.39, 0.29) is 18.3 Å². The minimum absolute atomic E-state index is 0. The van der Waals surface area contributed by atoms with Crippen molar-refractivity contribution in [3.63, 3.8) is 0 Å². The van der Waals surface area contributed by atoms with Crippen molar-refractivity contribution in [2.45, 2.75) is 31.9 Å². The van der Waals surface area contributed by atoms with Gasteiger partial charge >= 0.3 is 0 Å². The van der Waals surface area contributed by atoms with Crippen LogP contribution in [0.4, 0.5) is 0 Å². The molecule has 20 heavy (non-hydrogen) atoms. The van der Waals surface area contributed by atoms with E-state index in [4.69, 9.17) is 16.3 Å². The number of halogens is 2. The molecule has 1 aliphatic rings. The molecule has 0 saturated carbocycles. The molecule has 0 aromatic heterocycles. The number of amides is 1. The van der Waals surface area contributed by atoms with Gasteiger partial charge in [0.2, 0.25) is 0 Å². The second-order valence-electron chi connectivity index (χ2n) is 4.73. The summed E-state index contributed by atoms with van der Waals surface area (Å²) in [4.78, 5) is 11.9. The highest BCUT2D eigenvalue weighted by Crippen LogP contribution is 2.24. The molecule has 1 aromatic carbocycles. The Bertz CT molecular complexity index is 437. The Labute approximate surface area is 130 Å². The van der Waals surface area contributed by atoms with E-state index < -0.39 is 6.10 Å². The molecule has 1 heterocycles. The van der Waals surface area contributed by atoms with Crippen molar-refractivity contribution in [1.29, 1.82) is 0 Å². The molecule has 2 atom stereocenters. The molecule has 6 heteroatoms. The van der Waals surface area contributed by atoms with Crippen LogP contribution in [-0.2, 0) is 4.79 Å². The maximum Gasteiger partial charge on any atom is 0.260 e. The van der Waals surface area contributed by atoms with E-state index in [1.807, 2.05) is 12.1 Å². The number of carbonyl (C=O) groups is 1. The molecule has 4 nitrogen and oxygen atoms in total. The lowest BCUT2D eigenvalue weighted by molar-refractivity contribution is -0.127. The standard InChI is InChI=1S/C14H19ClN2O2.ClH/c1-10(19-13-7-3-2-6-12(13)15)14(18)17-9-11-5-4-8-16-11;/h2-3,6-7,10-11,16H,4-5,8-9H2,1H3,(H,17,18);1H. The third-order valence-corrected chi connectivity index (χ3v) is 3.51. The van der Waals surface area contributed by atoms with Crippen LogP contribution in [-0.4, -0.2) is 31.1 Å². The highest BCUT2D eigenvalue weighted by atomic mass is 35.5. The largest absolute Gasteiger partial charge is 0.479 e. The van der Waals surface area contributed by atoms with E-state index in [9.17, 15) is 4.79 Å². The van der Waals surface area contributed by atoms with Gasteiger partial charge in [-0.25, -0.2) is 0 Å². The number of benzene rings is 1. The molecule has 0 bridgehead atoms. The molecular formula is C14H20Cl2N2O2. The summed E-state index contributed by atoms with van der Waals surface area (Å²) in [6.45, 7) is 3.40. The summed E-state index contributed by atoms with van der Waals surface area (Å²) in [6, 6.07) is 7.53. The van der Waals surface area contributed by atoms with E-state index in [0.717, 1.165) is 13.0 Å². The van der Waals surface area contributed by atoms with E-state index >= 15 is 0 Å². The molecule has 2 N–H and O–H groups in total. The summed E-state index contributed by atoms with van der Waals surface area (Å²) in [5, 5.41) is 6.74. The average molecular weight is 319 g/mol. The van der Waals surface area contributed by atoms with Crippen LogP contribution >= 0.6 is 24.0 Å². The lowest BCUT2D eigenvalue weighted by atomic mass is 10.2. The molecule has 2 rings (SSSR count). The molecule has 2 unspecified atom stereocenters. The molecular weight excluding hydrogens is 299 g/mol. The van der Waals surface area contributed by atoms with Crippen LogP contribution in [0.1, 0.15) is 19.8 Å². The SMILES string of the molecule is CC(Oc1ccccc1Cl)C(=O)NCC1CCCN1.Cl. The molecule has 1 fully saturated rings. The number of ether oxygens (including phenoxy) is 1. The van der Waals surface area contributed by atoms with Crippen molar-refractivity contribution in [2.75, 3.05) is 13.1 Å². The van der Waals surface area contributed by atoms with Gasteiger partial charge in [-0.2, -0.15) is 0 Å². The van der Waals surface area contributed by atoms with Crippen LogP contribution in [0.15, 0.2) is 24.3 Å². The predicted molar refractivity (Wildman–Crippen MR) is 82.8 cm³/mol. The van der Waals surface area contributed by atoms with Gasteiger partial charge in [0.25, 0.3) is 5.91 Å². The van der Waals surface area contributed by atoms with Crippen LogP contribution in [0.3, 0.4) is 0 Å². The smallest absolute Gasteiger partial charge is 0.260 e. The number of hydrogen-bond acceptors (Lipinski definition) is 3. The average Bonchev–Trinajstić information content (AvgIpc) is 2.91. The summed E-state index contributed by atoms with van der Waals surface area (Å²) >= 11 is 5.99. The number of carbonyl (C=O) groups excluding carboxylic acids is 1. The van der Waals surface area contributed by atoms with Crippen LogP contribution in [0.25, 0.3) is 0 Å². The van der Waals surface area contributed by atoms with Gasteiger partial charge in [-0.15, -0.1) is 12.4 Å². The van der Waals surface area contributed by atoms with E-state index in [0.29, 0.717) is 23.4 Å². The first-order chi connectivity index (χ1) is 9.16. The number of rotatable bonds is 5. The second-order valence-corrected chi connectivity index (χ2v) is 5.14. The fourth-order valence-corrected chi connectivity index (χ4v) is 2.26. The Morgan fingerprint density at radius 2 is 2.30 bits per heavy atom. The maximum atomic E-state index is 11.9. The molecule has 1 amide bonds. The van der Waals surface area contributed by atoms with Gasteiger partial charge in [-0.3, -0.25) is 4.79 Å². The number of hydrogen-bond donors (Lipinski definition) is 2. The number of nitrogens with one attached hydrogen (secondary N) is 2. The van der Waals surface area contributed by atoms with Gasteiger partial charge < -0.3 is 15.4 Å². The minimum Gasteiger partial charge on any atom is -0.479 e. The Morgan fingerprint density at radius 3 is 2.95 bits per heavy atom. The monoisotopic (exact) mass is 318 g/mol. The van der Waals surface area contributed by atoms with Crippen molar-refractivity contribution >= 4 is 29.9 Å². The zero-order valence-corrected chi connectivity index (χ0v) is 13.0. The van der Waals surface area contributed by atoms with Crippen molar-refractivity contribution in [1.82, 2.24) is 10.6 Å². The molecule has 0 aliphatic carbocycles. The van der Waals surface area contributed by atoms with Gasteiger partial charge in [0.15, 0.2) is 6.10 Å². The molecule has 112 valence electrons. The Hall–Kier alpha value is -0.970. The fourth-order valence-electron chi connectivity index (χ4n) is 2.08. The normalized spacial score (nSPS) is 19.0. The van der Waals surface area contributed by atoms with Gasteiger partial charge in [-0.1, -0.05) is 23.7 Å². The first-order valence-corrected chi connectivity index (χ1v) is 6.97. The number of para-hydroxylation sites is 1. The summed E-state index contributed by atoms with van der Waals surface area (Å²) < 4.78 is 5.56. The van der Waals surface area contributed by atoms with Crippen LogP contribution in [0.5, 0.6) is 5.75 Å². The van der Waals surface area contributed by atoms with E-state index in [1.54, 1.807) is 19.1 Å². The van der Waals surface area contributed by atoms with Crippen LogP contribution < -0.4 is 15.4 Å². The van der Waals surface area contributed by atoms with Gasteiger partial charge in [0.05, 0.1) is 5.02 Å². The summed E-state index contributed by atoms with van der Waals surface area (Å²) in [5.74, 6) is 0.416. The van der Waals surface area contributed by atoms with E-state index in [2.05, 4.69) is 10.6 Å². The molecule has 1 aromatic rings. The topological polar surface area (TPSA) is 50.4 Å². The lowest BCUT2D eigenvalue weighted by Gasteiger charge is -2.17. The summed E-state index contributed by atoms with van der Waals surface area (Å²) in [7, 11) is 0. The predicted octanol–water partition coefficient (Wildman–Crippen LogP) is 2.40. The maximum absolute atomic E-state index is 11.9. The van der Waals surface area contributed by atoms with Crippen molar-refractivity contribution < 1.29 is 9.53 Å². The molecule has 1 aliphatic heterocycles. The fraction of sp³-hybridized carbons (Fsp3) is 0.500. The Morgan fingerprint density at radius 1 is 1.55 bits per heavy atom. The Balaban J connectivity index is 0.00000200. The zero-order valence-electron chi connectivity index (χ0n) is 11.4. The summed E-state index contributed by atoms with van der Waals surface area (Å²) in [6.07, 6.45) is 1.73. The lowest BCUT2D eigenvalue weighted by Crippen LogP contribution is -2.42. The van der Waals surface area contributed by atoms with Crippen molar-refractivity contribution in [3.05, 3.63) is 29.3 Å². The second kappa shape index (κ2) is 8.35. The van der Waals surface area contributed by atoms with Crippen molar-refractivity contribution in [2.24, 2.45) is 0 Å². The first-order valence-electron chi connectivity index (χ1n) is 6.59. The van der Waals surface area contributed by atoms with Crippen molar-refractivity contribution in [3.8, 4) is 5.75 Å². The van der Waals surface area contributed by atoms with Gasteiger partial charge in [0.1, 0.15) is 5.75 Å². The molecule has 1 saturated heterocycles. The Kier molecular flexibility index (Phi) is 7.13. The summed E-state index contributed by atoms with van der Waals surface area (Å²) in [5.41, 5.74) is 0. The zero-order chi connectivity index (χ0) is 13.7. The minimum atomic E-state index is -0.554. The van der Waals surface area contributed by atoms with Gasteiger partial charge in [-0.05, 0) is 38.4 Å². The highest BCUT2D eigenvalue weighted by Gasteiger charge is 2.19. The van der Waals surface area contributed by atoms with Crippen LogP contribution in [0.2, 0.25) is 5.02 Å². The van der Waals surface area contributed by atoms with Gasteiger partial charge in [0, 0.05) is 12.6 Å². The molecule has 0 radical (unpaired) electrons. The third kappa shape index (κ3) is 4.85. The van der Waals surface area contributed by atoms with Crippen LogP contribution in [0, 0.1) is 0 Å². The first kappa shape index (κ1) is 17.1. The highest BCUT2D eigenvalue weighted by molar-refractivity contribution is 6.32. The van der Waals surface area contributed by atoms with E-state index in [1.165, 1.54) is 6.42 Å². The quantitative estimate of drug-likeness (QED) is 0.876. The third-order valence-electron chi connectivity index (χ3n) is 3.19.